The molecule has 1 aliphatic rings. The first kappa shape index (κ1) is 16.7. The van der Waals surface area contributed by atoms with E-state index in [4.69, 9.17) is 4.74 Å². The van der Waals surface area contributed by atoms with Crippen molar-refractivity contribution in [3.8, 4) is 5.88 Å². The lowest BCUT2D eigenvalue weighted by Crippen LogP contribution is -2.42. The number of hydrogen-bond acceptors (Lipinski definition) is 5. The average molecular weight is 355 g/mol. The van der Waals surface area contributed by atoms with Crippen LogP contribution in [-0.2, 0) is 10.0 Å². The van der Waals surface area contributed by atoms with E-state index in [0.29, 0.717) is 18.7 Å². The van der Waals surface area contributed by atoms with Crippen molar-refractivity contribution >= 4 is 10.0 Å². The quantitative estimate of drug-likeness (QED) is 0.839. The van der Waals surface area contributed by atoms with Crippen LogP contribution in [0.4, 0.5) is 8.78 Å². The third kappa shape index (κ3) is 3.36. The van der Waals surface area contributed by atoms with Crippen molar-refractivity contribution < 1.29 is 21.9 Å². The van der Waals surface area contributed by atoms with Gasteiger partial charge in [0.1, 0.15) is 24.1 Å². The van der Waals surface area contributed by atoms with Gasteiger partial charge in [0, 0.05) is 25.4 Å². The molecular weight excluding hydrogens is 340 g/mol. The number of sulfonamides is 1. The molecule has 2 aromatic rings. The Morgan fingerprint density at radius 3 is 2.38 bits per heavy atom. The summed E-state index contributed by atoms with van der Waals surface area (Å²) in [4.78, 5) is 6.83. The maximum Gasteiger partial charge on any atom is 0.248 e. The lowest BCUT2D eigenvalue weighted by molar-refractivity contribution is 0.129. The molecule has 24 heavy (non-hydrogen) atoms. The molecule has 0 saturated carbocycles. The third-order valence-electron chi connectivity index (χ3n) is 3.76. The van der Waals surface area contributed by atoms with Crippen LogP contribution in [0, 0.1) is 11.6 Å². The predicted octanol–water partition coefficient (Wildman–Crippen LogP) is 1.99. The van der Waals surface area contributed by atoms with Crippen LogP contribution < -0.4 is 4.74 Å². The number of halogens is 2. The first-order chi connectivity index (χ1) is 11.5. The van der Waals surface area contributed by atoms with Crippen LogP contribution in [-0.4, -0.2) is 41.9 Å². The SMILES string of the molecule is O=S(=O)(c1c(F)cccc1F)N1CCC(Oc2ccncn2)CC1. The number of rotatable bonds is 4. The van der Waals surface area contributed by atoms with Gasteiger partial charge in [0.2, 0.25) is 15.9 Å². The van der Waals surface area contributed by atoms with Gasteiger partial charge in [-0.2, -0.15) is 4.31 Å². The Balaban J connectivity index is 1.70. The van der Waals surface area contributed by atoms with Gasteiger partial charge in [-0.15, -0.1) is 0 Å². The standard InChI is InChI=1S/C15H15F2N3O3S/c16-12-2-1-3-13(17)15(12)24(21,22)20-8-5-11(6-9-20)23-14-4-7-18-10-19-14/h1-4,7,10-11H,5-6,8-9H2. The number of piperidine rings is 1. The Labute approximate surface area is 138 Å². The molecule has 3 rings (SSSR count). The third-order valence-corrected chi connectivity index (χ3v) is 5.71. The van der Waals surface area contributed by atoms with Gasteiger partial charge in [0.25, 0.3) is 0 Å². The first-order valence-electron chi connectivity index (χ1n) is 7.35. The Hall–Kier alpha value is -2.13. The Kier molecular flexibility index (Phi) is 4.72. The highest BCUT2D eigenvalue weighted by atomic mass is 32.2. The van der Waals surface area contributed by atoms with Crippen LogP contribution in [0.5, 0.6) is 5.88 Å². The van der Waals surface area contributed by atoms with Gasteiger partial charge in [0.05, 0.1) is 0 Å². The molecule has 1 aromatic heterocycles. The van der Waals surface area contributed by atoms with E-state index in [1.807, 2.05) is 0 Å². The number of benzene rings is 1. The predicted molar refractivity (Wildman–Crippen MR) is 80.8 cm³/mol. The molecule has 2 heterocycles. The minimum absolute atomic E-state index is 0.117. The number of ether oxygens (including phenoxy) is 1. The summed E-state index contributed by atoms with van der Waals surface area (Å²) in [5.41, 5.74) is 0. The fraction of sp³-hybridized carbons (Fsp3) is 0.333. The maximum atomic E-state index is 13.8. The van der Waals surface area contributed by atoms with E-state index in [-0.39, 0.29) is 19.2 Å². The highest BCUT2D eigenvalue weighted by Gasteiger charge is 2.34. The van der Waals surface area contributed by atoms with E-state index in [0.717, 1.165) is 22.5 Å². The molecule has 0 atom stereocenters. The zero-order valence-corrected chi connectivity index (χ0v) is 13.4. The summed E-state index contributed by atoms with van der Waals surface area (Å²) >= 11 is 0. The van der Waals surface area contributed by atoms with E-state index >= 15 is 0 Å². The highest BCUT2D eigenvalue weighted by Crippen LogP contribution is 2.26. The largest absolute Gasteiger partial charge is 0.474 e. The van der Waals surface area contributed by atoms with Gasteiger partial charge < -0.3 is 4.74 Å². The zero-order chi connectivity index (χ0) is 17.2. The van der Waals surface area contributed by atoms with E-state index < -0.39 is 26.6 Å². The molecule has 0 amide bonds. The lowest BCUT2D eigenvalue weighted by Gasteiger charge is -2.31. The van der Waals surface area contributed by atoms with Crippen molar-refractivity contribution in [2.24, 2.45) is 0 Å². The first-order valence-corrected chi connectivity index (χ1v) is 8.79. The van der Waals surface area contributed by atoms with Crippen LogP contribution in [0.25, 0.3) is 0 Å². The zero-order valence-electron chi connectivity index (χ0n) is 12.6. The van der Waals surface area contributed by atoms with Crippen molar-refractivity contribution in [3.63, 3.8) is 0 Å². The summed E-state index contributed by atoms with van der Waals surface area (Å²) in [5, 5.41) is 0. The van der Waals surface area contributed by atoms with Gasteiger partial charge in [-0.1, -0.05) is 6.07 Å². The molecule has 6 nitrogen and oxygen atoms in total. The highest BCUT2D eigenvalue weighted by molar-refractivity contribution is 7.89. The fourth-order valence-electron chi connectivity index (χ4n) is 2.57. The summed E-state index contributed by atoms with van der Waals surface area (Å²) in [6.45, 7) is 0.234. The smallest absolute Gasteiger partial charge is 0.248 e. The van der Waals surface area contributed by atoms with Crippen LogP contribution in [0.15, 0.2) is 41.7 Å². The summed E-state index contributed by atoms with van der Waals surface area (Å²) in [6.07, 6.45) is 3.49. The van der Waals surface area contributed by atoms with E-state index in [9.17, 15) is 17.2 Å². The van der Waals surface area contributed by atoms with Crippen molar-refractivity contribution in [2.45, 2.75) is 23.8 Å². The van der Waals surface area contributed by atoms with Crippen molar-refractivity contribution in [3.05, 3.63) is 48.4 Å². The van der Waals surface area contributed by atoms with E-state index in [1.165, 1.54) is 6.33 Å². The van der Waals surface area contributed by atoms with Gasteiger partial charge >= 0.3 is 0 Å². The Morgan fingerprint density at radius 2 is 1.79 bits per heavy atom. The Morgan fingerprint density at radius 1 is 1.12 bits per heavy atom. The maximum absolute atomic E-state index is 13.8. The van der Waals surface area contributed by atoms with Crippen LogP contribution in [0.1, 0.15) is 12.8 Å². The van der Waals surface area contributed by atoms with Crippen LogP contribution in [0.3, 0.4) is 0 Å². The minimum Gasteiger partial charge on any atom is -0.474 e. The summed E-state index contributed by atoms with van der Waals surface area (Å²) < 4.78 is 59.2. The summed E-state index contributed by atoms with van der Waals surface area (Å²) in [6, 6.07) is 4.60. The van der Waals surface area contributed by atoms with E-state index in [1.54, 1.807) is 12.3 Å². The number of nitrogens with zero attached hydrogens (tertiary/aromatic N) is 3. The second-order valence-corrected chi connectivity index (χ2v) is 7.19. The molecule has 0 bridgehead atoms. The van der Waals surface area contributed by atoms with Gasteiger partial charge in [-0.05, 0) is 25.0 Å². The van der Waals surface area contributed by atoms with Crippen LogP contribution >= 0.6 is 0 Å². The van der Waals surface area contributed by atoms with Crippen molar-refractivity contribution in [2.75, 3.05) is 13.1 Å². The van der Waals surface area contributed by atoms with Gasteiger partial charge in [-0.25, -0.2) is 27.2 Å². The molecule has 128 valence electrons. The molecule has 1 aromatic carbocycles. The molecule has 1 aliphatic heterocycles. The molecule has 9 heteroatoms. The van der Waals surface area contributed by atoms with Crippen LogP contribution in [0.2, 0.25) is 0 Å². The topological polar surface area (TPSA) is 72.4 Å². The second kappa shape index (κ2) is 6.78. The molecule has 0 N–H and O–H groups in total. The number of aromatic nitrogens is 2. The molecule has 0 aliphatic carbocycles. The van der Waals surface area contributed by atoms with Crippen molar-refractivity contribution in [1.82, 2.24) is 14.3 Å². The van der Waals surface area contributed by atoms with Gasteiger partial charge in [-0.3, -0.25) is 0 Å². The second-order valence-electron chi connectivity index (χ2n) is 5.32. The molecular formula is C15H15F2N3O3S. The Bertz CT molecular complexity index is 790. The van der Waals surface area contributed by atoms with Gasteiger partial charge in [0.15, 0.2) is 4.90 Å². The fourth-order valence-corrected chi connectivity index (χ4v) is 4.15. The average Bonchev–Trinajstić information content (AvgIpc) is 2.56. The van der Waals surface area contributed by atoms with E-state index in [2.05, 4.69) is 9.97 Å². The monoisotopic (exact) mass is 355 g/mol. The summed E-state index contributed by atoms with van der Waals surface area (Å²) in [7, 11) is -4.22. The van der Waals surface area contributed by atoms with Crippen molar-refractivity contribution in [1.29, 1.82) is 0 Å². The number of hydrogen-bond donors (Lipinski definition) is 0. The molecule has 0 radical (unpaired) electrons. The lowest BCUT2D eigenvalue weighted by atomic mass is 10.1. The molecule has 1 saturated heterocycles. The minimum atomic E-state index is -4.22. The molecule has 0 unspecified atom stereocenters. The molecule has 0 spiro atoms. The molecule has 1 fully saturated rings. The normalized spacial score (nSPS) is 16.9. The summed E-state index contributed by atoms with van der Waals surface area (Å²) in [5.74, 6) is -1.77.